The molecule has 2 N–H and O–H groups in total. The van der Waals surface area contributed by atoms with E-state index < -0.39 is 40.5 Å². The van der Waals surface area contributed by atoms with E-state index in [4.69, 9.17) is 21.8 Å². The average molecular weight is 638 g/mol. The molecule has 0 spiro atoms. The largest absolute Gasteiger partial charge is 0.419 e. The summed E-state index contributed by atoms with van der Waals surface area (Å²) in [6.07, 6.45) is 2.33. The van der Waals surface area contributed by atoms with Crippen LogP contribution in [0.3, 0.4) is 0 Å². The zero-order chi connectivity index (χ0) is 31.3. The van der Waals surface area contributed by atoms with Gasteiger partial charge in [0.1, 0.15) is 5.82 Å². The molecule has 1 aliphatic heterocycles. The summed E-state index contributed by atoms with van der Waals surface area (Å²) in [5, 5.41) is 8.28. The fourth-order valence-corrected chi connectivity index (χ4v) is 5.77. The molecule has 1 aliphatic carbocycles. The van der Waals surface area contributed by atoms with E-state index in [0.29, 0.717) is 18.9 Å². The number of nitrogens with zero attached hydrogens (tertiary/aromatic N) is 6. The van der Waals surface area contributed by atoms with Crippen molar-refractivity contribution in [2.45, 2.75) is 38.2 Å². The van der Waals surface area contributed by atoms with Gasteiger partial charge in [0.2, 0.25) is 27.7 Å². The smallest absolute Gasteiger partial charge is 0.282 e. The quantitative estimate of drug-likeness (QED) is 0.334. The van der Waals surface area contributed by atoms with E-state index in [-0.39, 0.29) is 46.5 Å². The van der Waals surface area contributed by atoms with Gasteiger partial charge in [-0.3, -0.25) is 9.10 Å². The first-order valence-electron chi connectivity index (χ1n) is 13.8. The molecule has 1 aromatic carbocycles. The lowest BCUT2D eigenvalue weighted by molar-refractivity contribution is -0.164. The Morgan fingerprint density at radius 3 is 2.49 bits per heavy atom. The highest BCUT2D eigenvalue weighted by atomic mass is 35.5. The van der Waals surface area contributed by atoms with Crippen LogP contribution >= 0.6 is 11.6 Å². The van der Waals surface area contributed by atoms with Gasteiger partial charge in [-0.05, 0) is 43.2 Å². The maximum absolute atomic E-state index is 13.5. The highest BCUT2D eigenvalue weighted by Crippen LogP contribution is 2.42. The number of hydrogen-bond acceptors (Lipinski definition) is 9. The number of carbonyl (C=O) groups is 1. The van der Waals surface area contributed by atoms with Crippen LogP contribution in [0.5, 0.6) is 0 Å². The molecule has 5 rings (SSSR count). The van der Waals surface area contributed by atoms with Crippen molar-refractivity contribution in [3.63, 3.8) is 0 Å². The highest BCUT2D eigenvalue weighted by Gasteiger charge is 2.46. The fraction of sp³-hybridized carbons (Fsp3) is 0.500. The minimum atomic E-state index is -3.81. The molecular weight excluding hydrogens is 604 g/mol. The van der Waals surface area contributed by atoms with E-state index in [2.05, 4.69) is 22.1 Å². The summed E-state index contributed by atoms with van der Waals surface area (Å²) in [5.74, 6) is -2.54. The molecule has 15 heteroatoms. The minimum absolute atomic E-state index is 0.0232. The van der Waals surface area contributed by atoms with Gasteiger partial charge in [0.25, 0.3) is 5.92 Å². The van der Waals surface area contributed by atoms with E-state index in [9.17, 15) is 22.0 Å². The predicted octanol–water partition coefficient (Wildman–Crippen LogP) is 3.54. The summed E-state index contributed by atoms with van der Waals surface area (Å²) >= 11 is 6.73. The zero-order valence-electron chi connectivity index (χ0n) is 24.3. The number of carbonyl (C=O) groups excluding carboxylic acids is 1. The van der Waals surface area contributed by atoms with Gasteiger partial charge in [0, 0.05) is 13.6 Å². The van der Waals surface area contributed by atoms with Crippen LogP contribution in [-0.4, -0.2) is 79.8 Å². The molecule has 232 valence electrons. The monoisotopic (exact) mass is 637 g/mol. The van der Waals surface area contributed by atoms with Crippen molar-refractivity contribution in [3.8, 4) is 11.5 Å². The van der Waals surface area contributed by atoms with Gasteiger partial charge in [-0.15, -0.1) is 10.2 Å². The molecule has 11 nitrogen and oxygen atoms in total. The van der Waals surface area contributed by atoms with Crippen LogP contribution in [0, 0.1) is 11.8 Å². The van der Waals surface area contributed by atoms with Crippen LogP contribution in [0.1, 0.15) is 31.7 Å². The number of pyridine rings is 1. The van der Waals surface area contributed by atoms with Gasteiger partial charge >= 0.3 is 0 Å². The number of amides is 1. The van der Waals surface area contributed by atoms with E-state index >= 15 is 0 Å². The number of rotatable bonds is 11. The maximum Gasteiger partial charge on any atom is 0.282 e. The van der Waals surface area contributed by atoms with Crippen LogP contribution in [-0.2, 0) is 26.8 Å². The number of alkyl halides is 2. The Balaban J connectivity index is 1.53. The molecule has 1 saturated heterocycles. The molecule has 0 radical (unpaired) electrons. The lowest BCUT2D eigenvalue weighted by atomic mass is 9.94. The predicted molar refractivity (Wildman–Crippen MR) is 158 cm³/mol. The van der Waals surface area contributed by atoms with Gasteiger partial charge in [0.05, 0.1) is 42.0 Å². The van der Waals surface area contributed by atoms with E-state index in [1.54, 1.807) is 11.8 Å². The van der Waals surface area contributed by atoms with Gasteiger partial charge in [-0.25, -0.2) is 22.2 Å². The van der Waals surface area contributed by atoms with Gasteiger partial charge in [-0.2, -0.15) is 0 Å². The highest BCUT2D eigenvalue weighted by molar-refractivity contribution is 7.92. The van der Waals surface area contributed by atoms with Crippen molar-refractivity contribution in [1.29, 1.82) is 0 Å². The topological polar surface area (TPSA) is 139 Å². The molecule has 43 heavy (non-hydrogen) atoms. The van der Waals surface area contributed by atoms with Crippen molar-refractivity contribution in [3.05, 3.63) is 52.9 Å². The Hall–Kier alpha value is -3.36. The standard InChI is InChI=1S/C28H34ClF2N7O4S/c1-17-10-19(17)13-37(14-22(39)38-15-28(30,31)16-38)21-11-20(23(29)24(33-21)36(3)43(4,40)41)25-34-35-26(42-25)27(2,32)12-18-8-6-5-7-9-18/h5-9,11,17,19H,10,12-16,32H2,1-4H3/t17?,19?,27-/m1/s1. The van der Waals surface area contributed by atoms with E-state index in [0.717, 1.165) is 27.4 Å². The number of hydrogen-bond donors (Lipinski definition) is 1. The summed E-state index contributed by atoms with van der Waals surface area (Å²) < 4.78 is 59.0. The Kier molecular flexibility index (Phi) is 8.16. The van der Waals surface area contributed by atoms with Crippen molar-refractivity contribution in [1.82, 2.24) is 20.1 Å². The Morgan fingerprint density at radius 1 is 1.26 bits per heavy atom. The molecular formula is C28H34ClF2N7O4S. The lowest BCUT2D eigenvalue weighted by Gasteiger charge is -2.40. The SMILES string of the molecule is CC1CC1CN(CC(=O)N1CC(F)(F)C1)c1cc(-c2nnc([C@](C)(N)Cc3ccccc3)o2)c(Cl)c(N(C)S(C)(=O)=O)n1. The Morgan fingerprint density at radius 2 is 1.91 bits per heavy atom. The van der Waals surface area contributed by atoms with Crippen molar-refractivity contribution >= 4 is 39.2 Å². The summed E-state index contributed by atoms with van der Waals surface area (Å²) in [6, 6.07) is 11.1. The van der Waals surface area contributed by atoms with Crippen LogP contribution in [0.15, 0.2) is 40.8 Å². The molecule has 2 fully saturated rings. The van der Waals surface area contributed by atoms with Gasteiger partial charge < -0.3 is 20.0 Å². The third-order valence-electron chi connectivity index (χ3n) is 7.86. The van der Waals surface area contributed by atoms with E-state index in [1.165, 1.54) is 13.1 Å². The summed E-state index contributed by atoms with van der Waals surface area (Å²) in [6.45, 7) is 2.70. The number of aromatic nitrogens is 3. The molecule has 3 atom stereocenters. The van der Waals surface area contributed by atoms with Crippen molar-refractivity contribution < 1.29 is 26.4 Å². The minimum Gasteiger partial charge on any atom is -0.419 e. The first kappa shape index (κ1) is 31.1. The molecule has 2 aromatic heterocycles. The van der Waals surface area contributed by atoms with Gasteiger partial charge in [0.15, 0.2) is 5.82 Å². The average Bonchev–Trinajstić information content (AvgIpc) is 3.37. The van der Waals surface area contributed by atoms with Crippen LogP contribution in [0.25, 0.3) is 11.5 Å². The third-order valence-corrected chi connectivity index (χ3v) is 9.40. The summed E-state index contributed by atoms with van der Waals surface area (Å²) in [4.78, 5) is 20.3. The first-order valence-corrected chi connectivity index (χ1v) is 16.0. The lowest BCUT2D eigenvalue weighted by Crippen LogP contribution is -2.60. The van der Waals surface area contributed by atoms with Crippen molar-refractivity contribution in [2.24, 2.45) is 17.6 Å². The molecule has 3 heterocycles. The Bertz CT molecular complexity index is 1610. The number of nitrogens with two attached hydrogens (primary N) is 1. The van der Waals surface area contributed by atoms with Crippen molar-refractivity contribution in [2.75, 3.05) is 48.7 Å². The second kappa shape index (κ2) is 11.3. The number of benzene rings is 1. The van der Waals surface area contributed by atoms with E-state index in [1.807, 2.05) is 30.3 Å². The first-order chi connectivity index (χ1) is 20.0. The summed E-state index contributed by atoms with van der Waals surface area (Å²) in [5.41, 5.74) is 6.68. The number of anilines is 2. The summed E-state index contributed by atoms with van der Waals surface area (Å²) in [7, 11) is -2.51. The number of sulfonamides is 1. The van der Waals surface area contributed by atoms with Crippen LogP contribution in [0.2, 0.25) is 5.02 Å². The number of likely N-dealkylation sites (tertiary alicyclic amines) is 1. The molecule has 1 saturated carbocycles. The van der Waals surface area contributed by atoms with Gasteiger partial charge in [-0.1, -0.05) is 48.9 Å². The number of halogens is 3. The normalized spacial score (nSPS) is 20.7. The molecule has 3 aromatic rings. The third kappa shape index (κ3) is 6.91. The molecule has 1 amide bonds. The molecule has 0 bridgehead atoms. The van der Waals surface area contributed by atoms with Crippen LogP contribution < -0.4 is 14.9 Å². The second-order valence-corrected chi connectivity index (χ2v) is 14.2. The Labute approximate surface area is 254 Å². The molecule has 2 unspecified atom stereocenters. The maximum atomic E-state index is 13.5. The fourth-order valence-electron chi connectivity index (χ4n) is 4.97. The zero-order valence-corrected chi connectivity index (χ0v) is 25.9. The van der Waals surface area contributed by atoms with Crippen LogP contribution in [0.4, 0.5) is 20.4 Å². The molecule has 2 aliphatic rings. The second-order valence-electron chi connectivity index (χ2n) is 11.8.